The highest BCUT2D eigenvalue weighted by molar-refractivity contribution is 5.92. The number of aromatic nitrogens is 2. The number of aryl methyl sites for hydroxylation is 1. The van der Waals surface area contributed by atoms with Crippen molar-refractivity contribution in [2.75, 3.05) is 11.9 Å². The van der Waals surface area contributed by atoms with Crippen molar-refractivity contribution in [3.05, 3.63) is 65.9 Å². The molecule has 0 fully saturated rings. The Morgan fingerprint density at radius 2 is 1.87 bits per heavy atom. The summed E-state index contributed by atoms with van der Waals surface area (Å²) in [6.07, 6.45) is 0.457. The fourth-order valence-corrected chi connectivity index (χ4v) is 3.19. The predicted octanol–water partition coefficient (Wildman–Crippen LogP) is 5.01. The van der Waals surface area contributed by atoms with Gasteiger partial charge in [0, 0.05) is 17.7 Å². The number of esters is 1. The summed E-state index contributed by atoms with van der Waals surface area (Å²) in [5.41, 5.74) is 4.44. The van der Waals surface area contributed by atoms with E-state index in [1.165, 1.54) is 0 Å². The van der Waals surface area contributed by atoms with Crippen LogP contribution in [0.4, 0.5) is 5.69 Å². The van der Waals surface area contributed by atoms with Crippen LogP contribution in [0.5, 0.6) is 0 Å². The van der Waals surface area contributed by atoms with Gasteiger partial charge in [-0.2, -0.15) is 5.10 Å². The molecule has 6 nitrogen and oxygen atoms in total. The first-order chi connectivity index (χ1) is 14.4. The van der Waals surface area contributed by atoms with Crippen molar-refractivity contribution in [3.63, 3.8) is 0 Å². The van der Waals surface area contributed by atoms with Crippen molar-refractivity contribution in [1.82, 2.24) is 9.78 Å². The van der Waals surface area contributed by atoms with Crippen molar-refractivity contribution in [3.8, 4) is 16.9 Å². The van der Waals surface area contributed by atoms with Crippen LogP contribution < -0.4 is 5.32 Å². The summed E-state index contributed by atoms with van der Waals surface area (Å²) >= 11 is 0. The molecule has 0 aliphatic heterocycles. The van der Waals surface area contributed by atoms with Crippen LogP contribution in [-0.2, 0) is 9.53 Å². The maximum Gasteiger partial charge on any atom is 0.358 e. The monoisotopic (exact) mass is 405 g/mol. The molecule has 0 bridgehead atoms. The second kappa shape index (κ2) is 9.39. The molecule has 1 amide bonds. The van der Waals surface area contributed by atoms with Gasteiger partial charge in [-0.05, 0) is 55.7 Å². The number of hydrogen-bond acceptors (Lipinski definition) is 4. The second-order valence-electron chi connectivity index (χ2n) is 7.61. The van der Waals surface area contributed by atoms with Crippen LogP contribution in [0.3, 0.4) is 0 Å². The number of hydrogen-bond donors (Lipinski definition) is 1. The van der Waals surface area contributed by atoms with Gasteiger partial charge in [-0.15, -0.1) is 0 Å². The smallest absolute Gasteiger partial charge is 0.358 e. The Morgan fingerprint density at radius 3 is 2.57 bits per heavy atom. The molecule has 156 valence electrons. The number of nitrogens with one attached hydrogen (secondary N) is 1. The van der Waals surface area contributed by atoms with Gasteiger partial charge in [0.05, 0.1) is 18.0 Å². The second-order valence-corrected chi connectivity index (χ2v) is 7.61. The topological polar surface area (TPSA) is 73.2 Å². The standard InChI is InChI=1S/C24H27N3O3/c1-5-30-24(29)21-15-22(27(26-21)20-11-6-8-17(4)13-20)18-9-7-10-19(14-18)25-23(28)12-16(2)3/h6-11,13-16H,5,12H2,1-4H3,(H,25,28). The van der Waals surface area contributed by atoms with Crippen molar-refractivity contribution in [1.29, 1.82) is 0 Å². The van der Waals surface area contributed by atoms with Crippen LogP contribution in [0, 0.1) is 12.8 Å². The molecule has 6 heteroatoms. The van der Waals surface area contributed by atoms with E-state index in [4.69, 9.17) is 4.74 Å². The predicted molar refractivity (Wildman–Crippen MR) is 118 cm³/mol. The number of carbonyl (C=O) groups excluding carboxylic acids is 2. The van der Waals surface area contributed by atoms with Gasteiger partial charge >= 0.3 is 5.97 Å². The Morgan fingerprint density at radius 1 is 1.10 bits per heavy atom. The maximum atomic E-state index is 12.3. The summed E-state index contributed by atoms with van der Waals surface area (Å²) < 4.78 is 6.86. The Hall–Kier alpha value is -3.41. The molecular formula is C24H27N3O3. The molecule has 30 heavy (non-hydrogen) atoms. The minimum absolute atomic E-state index is 0.0263. The van der Waals surface area contributed by atoms with Gasteiger partial charge in [0.1, 0.15) is 0 Å². The molecule has 0 spiro atoms. The van der Waals surface area contributed by atoms with Crippen LogP contribution in [-0.4, -0.2) is 28.3 Å². The zero-order valence-electron chi connectivity index (χ0n) is 17.8. The number of amides is 1. The lowest BCUT2D eigenvalue weighted by molar-refractivity contribution is -0.116. The van der Waals surface area contributed by atoms with Crippen LogP contribution in [0.25, 0.3) is 16.9 Å². The number of ether oxygens (including phenoxy) is 1. The molecule has 2 aromatic carbocycles. The fourth-order valence-electron chi connectivity index (χ4n) is 3.19. The Bertz CT molecular complexity index is 1050. The van der Waals surface area contributed by atoms with Gasteiger partial charge in [0.2, 0.25) is 5.91 Å². The van der Waals surface area contributed by atoms with E-state index in [2.05, 4.69) is 10.4 Å². The van der Waals surface area contributed by atoms with Crippen molar-refractivity contribution in [2.24, 2.45) is 5.92 Å². The number of rotatable bonds is 7. The summed E-state index contributed by atoms with van der Waals surface area (Å²) in [4.78, 5) is 24.5. The highest BCUT2D eigenvalue weighted by atomic mass is 16.5. The third kappa shape index (κ3) is 5.14. The van der Waals surface area contributed by atoms with Crippen LogP contribution in [0.1, 0.15) is 43.2 Å². The third-order valence-electron chi connectivity index (χ3n) is 4.48. The average molecular weight is 405 g/mol. The van der Waals surface area contributed by atoms with E-state index >= 15 is 0 Å². The average Bonchev–Trinajstić information content (AvgIpc) is 3.13. The fraction of sp³-hybridized carbons (Fsp3) is 0.292. The van der Waals surface area contributed by atoms with Gasteiger partial charge in [-0.3, -0.25) is 4.79 Å². The van der Waals surface area contributed by atoms with E-state index in [0.29, 0.717) is 12.1 Å². The Balaban J connectivity index is 2.03. The molecular weight excluding hydrogens is 378 g/mol. The normalized spacial score (nSPS) is 10.8. The van der Waals surface area contributed by atoms with E-state index < -0.39 is 5.97 Å². The van der Waals surface area contributed by atoms with E-state index in [-0.39, 0.29) is 24.1 Å². The van der Waals surface area contributed by atoms with Crippen molar-refractivity contribution in [2.45, 2.75) is 34.1 Å². The number of nitrogens with zero attached hydrogens (tertiary/aromatic N) is 2. The van der Waals surface area contributed by atoms with Crippen molar-refractivity contribution >= 4 is 17.6 Å². The summed E-state index contributed by atoms with van der Waals surface area (Å²) in [7, 11) is 0. The van der Waals surface area contributed by atoms with E-state index in [0.717, 1.165) is 22.5 Å². The van der Waals surface area contributed by atoms with Crippen LogP contribution in [0.15, 0.2) is 54.6 Å². The van der Waals surface area contributed by atoms with Gasteiger partial charge in [0.15, 0.2) is 5.69 Å². The highest BCUT2D eigenvalue weighted by Crippen LogP contribution is 2.27. The van der Waals surface area contributed by atoms with E-state index in [1.807, 2.05) is 69.3 Å². The third-order valence-corrected chi connectivity index (χ3v) is 4.48. The summed E-state index contributed by atoms with van der Waals surface area (Å²) in [6.45, 7) is 8.06. The summed E-state index contributed by atoms with van der Waals surface area (Å²) in [6, 6.07) is 17.1. The minimum Gasteiger partial charge on any atom is -0.461 e. The minimum atomic E-state index is -0.466. The zero-order valence-corrected chi connectivity index (χ0v) is 17.8. The first-order valence-electron chi connectivity index (χ1n) is 10.1. The van der Waals surface area contributed by atoms with Gasteiger partial charge in [-0.1, -0.05) is 38.1 Å². The van der Waals surface area contributed by atoms with Crippen LogP contribution in [0.2, 0.25) is 0 Å². The quantitative estimate of drug-likeness (QED) is 0.561. The van der Waals surface area contributed by atoms with Crippen LogP contribution >= 0.6 is 0 Å². The molecule has 1 N–H and O–H groups in total. The molecule has 0 unspecified atom stereocenters. The lowest BCUT2D eigenvalue weighted by Gasteiger charge is -2.11. The molecule has 0 saturated carbocycles. The maximum absolute atomic E-state index is 12.3. The molecule has 3 rings (SSSR count). The largest absolute Gasteiger partial charge is 0.461 e. The highest BCUT2D eigenvalue weighted by Gasteiger charge is 2.18. The molecule has 0 aliphatic carbocycles. The van der Waals surface area contributed by atoms with Crippen molar-refractivity contribution < 1.29 is 14.3 Å². The first kappa shape index (κ1) is 21.3. The molecule has 1 heterocycles. The lowest BCUT2D eigenvalue weighted by atomic mass is 10.1. The molecule has 0 atom stereocenters. The van der Waals surface area contributed by atoms with Gasteiger partial charge in [-0.25, -0.2) is 9.48 Å². The molecule has 1 aromatic heterocycles. The first-order valence-corrected chi connectivity index (χ1v) is 10.1. The molecule has 0 radical (unpaired) electrons. The number of anilines is 1. The molecule has 0 aliphatic rings. The number of carbonyl (C=O) groups is 2. The van der Waals surface area contributed by atoms with Gasteiger partial charge in [0.25, 0.3) is 0 Å². The molecule has 3 aromatic rings. The van der Waals surface area contributed by atoms with E-state index in [9.17, 15) is 9.59 Å². The van der Waals surface area contributed by atoms with E-state index in [1.54, 1.807) is 17.7 Å². The Kier molecular flexibility index (Phi) is 6.67. The Labute approximate surface area is 176 Å². The molecule has 0 saturated heterocycles. The summed E-state index contributed by atoms with van der Waals surface area (Å²) in [5, 5.41) is 7.44. The van der Waals surface area contributed by atoms with Gasteiger partial charge < -0.3 is 10.1 Å². The summed E-state index contributed by atoms with van der Waals surface area (Å²) in [5.74, 6) is -0.212. The lowest BCUT2D eigenvalue weighted by Crippen LogP contribution is -2.13. The zero-order chi connectivity index (χ0) is 21.7. The SMILES string of the molecule is CCOC(=O)c1cc(-c2cccc(NC(=O)CC(C)C)c2)n(-c2cccc(C)c2)n1. The number of benzene rings is 2.